The van der Waals surface area contributed by atoms with Crippen LogP contribution in [0.1, 0.15) is 28.2 Å². The van der Waals surface area contributed by atoms with Crippen molar-refractivity contribution in [2.75, 3.05) is 16.8 Å². The molecule has 5 atom stereocenters. The molecule has 0 radical (unpaired) electrons. The second kappa shape index (κ2) is 13.9. The molecule has 4 aromatic rings. The summed E-state index contributed by atoms with van der Waals surface area (Å²) in [5, 5.41) is 50.4. The van der Waals surface area contributed by atoms with Crippen LogP contribution in [-0.4, -0.2) is 95.9 Å². The summed E-state index contributed by atoms with van der Waals surface area (Å²) in [6.45, 7) is 0.143. The number of carboxylic acids is 1. The van der Waals surface area contributed by atoms with Crippen LogP contribution in [-0.2, 0) is 32.7 Å². The molecule has 1 aliphatic rings. The number of imidazole rings is 1. The van der Waals surface area contributed by atoms with Gasteiger partial charge in [0.05, 0.1) is 24.0 Å². The van der Waals surface area contributed by atoms with Gasteiger partial charge >= 0.3 is 11.9 Å². The van der Waals surface area contributed by atoms with E-state index in [2.05, 4.69) is 15.0 Å². The number of ether oxygens (including phenoxy) is 2. The SMILES string of the molecule is Cn1c(CNc2ccc(C(=N)N)cc2)nc2cc(C(=O)N(CCC(=O)O[C@H]3[C@H](O)[C@@H](C(=O)O)OC(O)[C@@H]3O)c3ccccn3)ccc21. The summed E-state index contributed by atoms with van der Waals surface area (Å²) in [6, 6.07) is 17.0. The predicted octanol–water partition coefficient (Wildman–Crippen LogP) is 0.337. The first-order chi connectivity index (χ1) is 22.4. The van der Waals surface area contributed by atoms with E-state index in [1.807, 2.05) is 23.7 Å². The lowest BCUT2D eigenvalue weighted by Crippen LogP contribution is -2.61. The fourth-order valence-electron chi connectivity index (χ4n) is 5.08. The van der Waals surface area contributed by atoms with Gasteiger partial charge in [-0.25, -0.2) is 14.8 Å². The molecular weight excluding hydrogens is 614 g/mol. The Morgan fingerprint density at radius 1 is 1.06 bits per heavy atom. The van der Waals surface area contributed by atoms with E-state index in [1.165, 1.54) is 11.1 Å². The highest BCUT2D eigenvalue weighted by Crippen LogP contribution is 2.25. The summed E-state index contributed by atoms with van der Waals surface area (Å²) < 4.78 is 11.7. The van der Waals surface area contributed by atoms with Crippen molar-refractivity contribution in [2.24, 2.45) is 12.8 Å². The van der Waals surface area contributed by atoms with Gasteiger partial charge in [-0.05, 0) is 54.6 Å². The first-order valence-corrected chi connectivity index (χ1v) is 14.4. The summed E-state index contributed by atoms with van der Waals surface area (Å²) >= 11 is 0. The molecule has 0 bridgehead atoms. The molecule has 0 saturated carbocycles. The number of esters is 1. The van der Waals surface area contributed by atoms with E-state index in [-0.39, 0.29) is 23.8 Å². The highest BCUT2D eigenvalue weighted by Gasteiger charge is 2.49. The number of fused-ring (bicyclic) bond motifs is 1. The Labute approximate surface area is 267 Å². The summed E-state index contributed by atoms with van der Waals surface area (Å²) in [6.07, 6.45) is -8.55. The lowest BCUT2D eigenvalue weighted by Gasteiger charge is -2.38. The van der Waals surface area contributed by atoms with Crippen LogP contribution in [0.3, 0.4) is 0 Å². The molecule has 16 nitrogen and oxygen atoms in total. The molecule has 16 heteroatoms. The molecule has 2 aromatic carbocycles. The average molecular weight is 648 g/mol. The third-order valence-corrected chi connectivity index (χ3v) is 7.65. The van der Waals surface area contributed by atoms with Crippen molar-refractivity contribution in [2.45, 2.75) is 43.7 Å². The van der Waals surface area contributed by atoms with Crippen LogP contribution < -0.4 is 16.0 Å². The Bertz CT molecular complexity index is 1780. The van der Waals surface area contributed by atoms with E-state index in [0.717, 1.165) is 11.2 Å². The number of anilines is 2. The number of nitrogen functional groups attached to an aromatic ring is 1. The number of amides is 1. The van der Waals surface area contributed by atoms with Crippen molar-refractivity contribution in [3.05, 3.63) is 83.8 Å². The number of aromatic nitrogens is 3. The molecule has 5 rings (SSSR count). The Balaban J connectivity index is 1.30. The normalized spacial score (nSPS) is 20.8. The number of aryl methyl sites for hydroxylation is 1. The van der Waals surface area contributed by atoms with Gasteiger partial charge in [-0.1, -0.05) is 6.07 Å². The van der Waals surface area contributed by atoms with E-state index in [0.29, 0.717) is 23.4 Å². The first-order valence-electron chi connectivity index (χ1n) is 14.4. The number of carboxylic acid groups (broad SMARTS) is 1. The number of benzene rings is 2. The predicted molar refractivity (Wildman–Crippen MR) is 166 cm³/mol. The van der Waals surface area contributed by atoms with Crippen molar-refractivity contribution in [3.63, 3.8) is 0 Å². The standard InChI is InChI=1S/C31H33N7O9/c1-37-20-10-7-17(14-19(20)36-22(37)15-35-18-8-5-16(6-9-18)28(32)33)29(42)38(21-4-2-3-12-34-21)13-11-23(39)46-26-24(40)27(30(43)44)47-31(45)25(26)41/h2-10,12,14,24-27,31,35,40-41,45H,11,13,15H2,1H3,(H3,32,33)(H,43,44)/t24-,25+,26-,27-,31?/m0/s1. The number of aliphatic carboxylic acids is 1. The van der Waals surface area contributed by atoms with Gasteiger partial charge < -0.3 is 45.5 Å². The van der Waals surface area contributed by atoms with E-state index >= 15 is 0 Å². The zero-order valence-corrected chi connectivity index (χ0v) is 25.1. The summed E-state index contributed by atoms with van der Waals surface area (Å²) in [4.78, 5) is 48.2. The van der Waals surface area contributed by atoms with Crippen LogP contribution in [0.4, 0.5) is 11.5 Å². The Morgan fingerprint density at radius 2 is 1.79 bits per heavy atom. The number of rotatable bonds is 11. The lowest BCUT2D eigenvalue weighted by atomic mass is 9.98. The molecule has 1 unspecified atom stereocenters. The maximum absolute atomic E-state index is 13.8. The van der Waals surface area contributed by atoms with Crippen molar-refractivity contribution in [1.82, 2.24) is 14.5 Å². The summed E-state index contributed by atoms with van der Waals surface area (Å²) in [5.74, 6) is -2.19. The van der Waals surface area contributed by atoms with Gasteiger partial charge in [-0.2, -0.15) is 0 Å². The van der Waals surface area contributed by atoms with Crippen molar-refractivity contribution in [1.29, 1.82) is 5.41 Å². The van der Waals surface area contributed by atoms with Gasteiger partial charge in [0.2, 0.25) is 0 Å². The van der Waals surface area contributed by atoms with E-state index in [1.54, 1.807) is 48.5 Å². The average Bonchev–Trinajstić information content (AvgIpc) is 3.38. The highest BCUT2D eigenvalue weighted by molar-refractivity contribution is 6.07. The van der Waals surface area contributed by atoms with Crippen LogP contribution in [0.5, 0.6) is 0 Å². The number of pyridine rings is 1. The van der Waals surface area contributed by atoms with Gasteiger partial charge in [0, 0.05) is 36.6 Å². The van der Waals surface area contributed by atoms with Gasteiger partial charge in [-0.3, -0.25) is 19.9 Å². The van der Waals surface area contributed by atoms with Crippen LogP contribution in [0.2, 0.25) is 0 Å². The van der Waals surface area contributed by atoms with Gasteiger partial charge in [0.25, 0.3) is 5.91 Å². The Hall–Kier alpha value is -5.42. The molecule has 8 N–H and O–H groups in total. The number of nitrogens with zero attached hydrogens (tertiary/aromatic N) is 4. The van der Waals surface area contributed by atoms with E-state index in [4.69, 9.17) is 20.9 Å². The number of nitrogens with one attached hydrogen (secondary N) is 2. The van der Waals surface area contributed by atoms with Gasteiger partial charge in [0.15, 0.2) is 18.5 Å². The minimum atomic E-state index is -2.01. The van der Waals surface area contributed by atoms with E-state index < -0.39 is 55.0 Å². The zero-order chi connectivity index (χ0) is 33.8. The molecule has 1 aliphatic heterocycles. The number of carbonyl (C=O) groups is 3. The molecule has 0 aliphatic carbocycles. The topological polar surface area (TPSA) is 246 Å². The van der Waals surface area contributed by atoms with Gasteiger partial charge in [-0.15, -0.1) is 0 Å². The van der Waals surface area contributed by atoms with Gasteiger partial charge in [0.1, 0.15) is 29.7 Å². The molecule has 0 spiro atoms. The largest absolute Gasteiger partial charge is 0.479 e. The number of hydrogen-bond donors (Lipinski definition) is 7. The lowest BCUT2D eigenvalue weighted by molar-refractivity contribution is -0.283. The molecule has 1 amide bonds. The van der Waals surface area contributed by atoms with Crippen LogP contribution in [0.15, 0.2) is 66.9 Å². The summed E-state index contributed by atoms with van der Waals surface area (Å²) in [7, 11) is 1.85. The number of nitrogens with two attached hydrogens (primary N) is 1. The maximum atomic E-state index is 13.8. The van der Waals surface area contributed by atoms with Crippen molar-refractivity contribution < 1.29 is 44.3 Å². The van der Waals surface area contributed by atoms with Crippen LogP contribution in [0, 0.1) is 5.41 Å². The zero-order valence-electron chi connectivity index (χ0n) is 25.1. The van der Waals surface area contributed by atoms with Crippen LogP contribution >= 0.6 is 0 Å². The van der Waals surface area contributed by atoms with Crippen LogP contribution in [0.25, 0.3) is 11.0 Å². The van der Waals surface area contributed by atoms with E-state index in [9.17, 15) is 34.8 Å². The molecule has 47 heavy (non-hydrogen) atoms. The smallest absolute Gasteiger partial charge is 0.335 e. The quantitative estimate of drug-likeness (QED) is 0.0660. The second-order valence-electron chi connectivity index (χ2n) is 10.8. The summed E-state index contributed by atoms with van der Waals surface area (Å²) in [5.41, 5.74) is 8.52. The third-order valence-electron chi connectivity index (χ3n) is 7.65. The Morgan fingerprint density at radius 3 is 2.45 bits per heavy atom. The first kappa shape index (κ1) is 33.0. The Kier molecular flexibility index (Phi) is 9.76. The number of hydrogen-bond acceptors (Lipinski definition) is 12. The highest BCUT2D eigenvalue weighted by atomic mass is 16.7. The van der Waals surface area contributed by atoms with Crippen molar-refractivity contribution in [3.8, 4) is 0 Å². The molecule has 246 valence electrons. The third kappa shape index (κ3) is 7.20. The second-order valence-corrected chi connectivity index (χ2v) is 10.8. The molecule has 1 saturated heterocycles. The molecule has 1 fully saturated rings. The van der Waals surface area contributed by atoms with Crippen molar-refractivity contribution >= 4 is 46.2 Å². The monoisotopic (exact) mass is 647 g/mol. The number of carbonyl (C=O) groups excluding carboxylic acids is 2. The molecular formula is C31H33N7O9. The minimum absolute atomic E-state index is 0.0233. The maximum Gasteiger partial charge on any atom is 0.335 e. The number of aliphatic hydroxyl groups excluding tert-OH is 3. The number of aliphatic hydroxyl groups is 3. The fourth-order valence-corrected chi connectivity index (χ4v) is 5.08. The minimum Gasteiger partial charge on any atom is -0.479 e. The number of amidine groups is 1. The molecule has 3 heterocycles. The molecule has 2 aromatic heterocycles. The fraction of sp³-hybridized carbons (Fsp3) is 0.290.